The zero-order chi connectivity index (χ0) is 19.5. The molecule has 4 nitrogen and oxygen atoms in total. The molecule has 0 aliphatic rings. The number of thioether (sulfide) groups is 1. The lowest BCUT2D eigenvalue weighted by molar-refractivity contribution is 0.354. The number of aromatic nitrogens is 2. The Hall–Kier alpha value is -2.57. The van der Waals surface area contributed by atoms with Crippen LogP contribution >= 0.6 is 23.1 Å². The molecule has 0 saturated carbocycles. The van der Waals surface area contributed by atoms with Gasteiger partial charge < -0.3 is 9.47 Å². The van der Waals surface area contributed by atoms with E-state index in [2.05, 4.69) is 47.2 Å². The summed E-state index contributed by atoms with van der Waals surface area (Å²) in [6, 6.07) is 16.6. The van der Waals surface area contributed by atoms with E-state index in [4.69, 9.17) is 9.47 Å². The van der Waals surface area contributed by atoms with Gasteiger partial charge in [0.2, 0.25) is 0 Å². The molecule has 0 aliphatic carbocycles. The maximum absolute atomic E-state index is 5.45. The van der Waals surface area contributed by atoms with E-state index in [1.165, 1.54) is 21.6 Å². The number of thiophene rings is 1. The van der Waals surface area contributed by atoms with Crippen LogP contribution < -0.4 is 9.47 Å². The van der Waals surface area contributed by atoms with Gasteiger partial charge in [-0.2, -0.15) is 0 Å². The summed E-state index contributed by atoms with van der Waals surface area (Å²) < 4.78 is 10.8. The minimum Gasteiger partial charge on any atom is -0.493 e. The van der Waals surface area contributed by atoms with Crippen LogP contribution in [-0.4, -0.2) is 24.2 Å². The van der Waals surface area contributed by atoms with Gasteiger partial charge in [-0.25, -0.2) is 9.97 Å². The fourth-order valence-corrected chi connectivity index (χ4v) is 5.12. The maximum Gasteiger partial charge on any atom is 0.161 e. The van der Waals surface area contributed by atoms with E-state index >= 15 is 0 Å². The number of rotatable bonds is 6. The number of nitrogens with zero attached hydrogens (tertiary/aromatic N) is 2. The first-order valence-corrected chi connectivity index (χ1v) is 10.6. The number of aryl methyl sites for hydroxylation is 1. The number of benzene rings is 2. The Labute approximate surface area is 172 Å². The number of hydrogen-bond donors (Lipinski definition) is 0. The molecule has 2 aromatic carbocycles. The van der Waals surface area contributed by atoms with Crippen LogP contribution in [0, 0.1) is 6.92 Å². The highest BCUT2D eigenvalue weighted by molar-refractivity contribution is 7.98. The van der Waals surface area contributed by atoms with Crippen LogP contribution in [0.3, 0.4) is 0 Å². The van der Waals surface area contributed by atoms with E-state index in [9.17, 15) is 0 Å². The van der Waals surface area contributed by atoms with Crippen LogP contribution in [0.15, 0.2) is 59.9 Å². The molecule has 142 valence electrons. The molecule has 0 bridgehead atoms. The summed E-state index contributed by atoms with van der Waals surface area (Å²) in [5.74, 6) is 2.30. The van der Waals surface area contributed by atoms with Crippen molar-refractivity contribution in [1.82, 2.24) is 9.97 Å². The van der Waals surface area contributed by atoms with Crippen LogP contribution in [0.2, 0.25) is 0 Å². The average Bonchev–Trinajstić information content (AvgIpc) is 3.18. The molecule has 0 saturated heterocycles. The third kappa shape index (κ3) is 3.70. The van der Waals surface area contributed by atoms with Crippen molar-refractivity contribution in [2.45, 2.75) is 17.7 Å². The molecule has 0 spiro atoms. The number of ether oxygens (including phenoxy) is 2. The van der Waals surface area contributed by atoms with Crippen molar-refractivity contribution in [2.24, 2.45) is 0 Å². The molecule has 4 aromatic rings. The van der Waals surface area contributed by atoms with Gasteiger partial charge in [0.25, 0.3) is 0 Å². The quantitative estimate of drug-likeness (QED) is 0.290. The first kappa shape index (κ1) is 18.8. The van der Waals surface area contributed by atoms with Gasteiger partial charge >= 0.3 is 0 Å². The Kier molecular flexibility index (Phi) is 5.50. The molecule has 0 aliphatic heterocycles. The second-order valence-corrected chi connectivity index (χ2v) is 8.29. The minimum absolute atomic E-state index is 0.749. The second-order valence-electron chi connectivity index (χ2n) is 6.30. The molecule has 0 N–H and O–H groups in total. The predicted molar refractivity (Wildman–Crippen MR) is 117 cm³/mol. The number of hydrogen-bond acceptors (Lipinski definition) is 6. The fourth-order valence-electron chi connectivity index (χ4n) is 3.02. The summed E-state index contributed by atoms with van der Waals surface area (Å²) in [6.45, 7) is 2.09. The monoisotopic (exact) mass is 408 g/mol. The van der Waals surface area contributed by atoms with Crippen LogP contribution in [0.5, 0.6) is 11.5 Å². The third-order valence-electron chi connectivity index (χ3n) is 4.56. The summed E-state index contributed by atoms with van der Waals surface area (Å²) in [5.41, 5.74) is 3.58. The van der Waals surface area contributed by atoms with Crippen LogP contribution in [0.4, 0.5) is 0 Å². The van der Waals surface area contributed by atoms with Gasteiger partial charge in [0.1, 0.15) is 16.2 Å². The SMILES string of the molecule is COc1cc(C)c(CSc2ncnc3sc(-c4ccccc4)cc23)cc1OC. The van der Waals surface area contributed by atoms with Gasteiger partial charge in [0.15, 0.2) is 11.5 Å². The molecule has 4 rings (SSSR count). The van der Waals surface area contributed by atoms with Crippen molar-refractivity contribution >= 4 is 33.3 Å². The zero-order valence-corrected chi connectivity index (χ0v) is 17.6. The normalized spacial score (nSPS) is 11.0. The average molecular weight is 409 g/mol. The van der Waals surface area contributed by atoms with Crippen LogP contribution in [-0.2, 0) is 5.75 Å². The molecule has 2 aromatic heterocycles. The fraction of sp³-hybridized carbons (Fsp3) is 0.182. The van der Waals surface area contributed by atoms with Crippen molar-refractivity contribution < 1.29 is 9.47 Å². The van der Waals surface area contributed by atoms with E-state index in [1.54, 1.807) is 43.6 Å². The summed E-state index contributed by atoms with van der Waals surface area (Å²) in [4.78, 5) is 11.2. The molecule has 28 heavy (non-hydrogen) atoms. The summed E-state index contributed by atoms with van der Waals surface area (Å²) in [5, 5.41) is 2.10. The van der Waals surface area contributed by atoms with E-state index in [0.29, 0.717) is 0 Å². The topological polar surface area (TPSA) is 44.2 Å². The van der Waals surface area contributed by atoms with Gasteiger partial charge in [-0.1, -0.05) is 30.3 Å². The molecule has 0 fully saturated rings. The maximum atomic E-state index is 5.45. The molecule has 0 radical (unpaired) electrons. The van der Waals surface area contributed by atoms with Gasteiger partial charge in [-0.05, 0) is 41.8 Å². The van der Waals surface area contributed by atoms with Gasteiger partial charge in [-0.3, -0.25) is 0 Å². The number of methoxy groups -OCH3 is 2. The second kappa shape index (κ2) is 8.20. The Morgan fingerprint density at radius 2 is 1.71 bits per heavy atom. The first-order chi connectivity index (χ1) is 13.7. The minimum atomic E-state index is 0.749. The van der Waals surface area contributed by atoms with Gasteiger partial charge in [0, 0.05) is 16.0 Å². The third-order valence-corrected chi connectivity index (χ3v) is 6.70. The zero-order valence-electron chi connectivity index (χ0n) is 15.9. The van der Waals surface area contributed by atoms with E-state index in [1.807, 2.05) is 18.2 Å². The summed E-state index contributed by atoms with van der Waals surface area (Å²) in [6.07, 6.45) is 1.65. The van der Waals surface area contributed by atoms with E-state index in [-0.39, 0.29) is 0 Å². The number of fused-ring (bicyclic) bond motifs is 1. The summed E-state index contributed by atoms with van der Waals surface area (Å²) in [7, 11) is 3.32. The lowest BCUT2D eigenvalue weighted by Crippen LogP contribution is -1.95. The van der Waals surface area contributed by atoms with Gasteiger partial charge in [-0.15, -0.1) is 23.1 Å². The molecule has 0 atom stereocenters. The van der Waals surface area contributed by atoms with E-state index in [0.717, 1.165) is 32.5 Å². The van der Waals surface area contributed by atoms with Crippen molar-refractivity contribution in [3.63, 3.8) is 0 Å². The predicted octanol–water partition coefficient (Wildman–Crippen LogP) is 5.98. The lowest BCUT2D eigenvalue weighted by Gasteiger charge is -2.12. The largest absolute Gasteiger partial charge is 0.493 e. The van der Waals surface area contributed by atoms with Crippen molar-refractivity contribution in [1.29, 1.82) is 0 Å². The highest BCUT2D eigenvalue weighted by Gasteiger charge is 2.13. The molecule has 2 heterocycles. The van der Waals surface area contributed by atoms with E-state index < -0.39 is 0 Å². The Bertz CT molecular complexity index is 1110. The Morgan fingerprint density at radius 1 is 0.964 bits per heavy atom. The highest BCUT2D eigenvalue weighted by Crippen LogP contribution is 2.38. The highest BCUT2D eigenvalue weighted by atomic mass is 32.2. The van der Waals surface area contributed by atoms with Crippen LogP contribution in [0.25, 0.3) is 20.7 Å². The lowest BCUT2D eigenvalue weighted by atomic mass is 10.1. The van der Waals surface area contributed by atoms with Crippen molar-refractivity contribution in [3.8, 4) is 21.9 Å². The standard InChI is InChI=1S/C22H20N2O2S2/c1-14-9-18(25-2)19(26-3)10-16(14)12-27-21-17-11-20(15-7-5-4-6-8-15)28-22(17)24-13-23-21/h4-11,13H,12H2,1-3H3. The van der Waals surface area contributed by atoms with Crippen molar-refractivity contribution in [3.05, 3.63) is 66.0 Å². The first-order valence-electron chi connectivity index (χ1n) is 8.84. The smallest absolute Gasteiger partial charge is 0.161 e. The summed E-state index contributed by atoms with van der Waals surface area (Å²) >= 11 is 3.42. The van der Waals surface area contributed by atoms with Gasteiger partial charge in [0.05, 0.1) is 14.2 Å². The van der Waals surface area contributed by atoms with Crippen LogP contribution in [0.1, 0.15) is 11.1 Å². The molecular formula is C22H20N2O2S2. The Balaban J connectivity index is 1.63. The Morgan fingerprint density at radius 3 is 2.46 bits per heavy atom. The van der Waals surface area contributed by atoms with Crippen molar-refractivity contribution in [2.75, 3.05) is 14.2 Å². The molecule has 6 heteroatoms. The molecule has 0 unspecified atom stereocenters. The molecule has 0 amide bonds. The molecular weight excluding hydrogens is 388 g/mol.